The Morgan fingerprint density at radius 3 is 2.75 bits per heavy atom. The molecule has 0 amide bonds. The van der Waals surface area contributed by atoms with Gasteiger partial charge in [0.25, 0.3) is 0 Å². The van der Waals surface area contributed by atoms with Gasteiger partial charge in [-0.15, -0.1) is 0 Å². The van der Waals surface area contributed by atoms with Crippen molar-refractivity contribution in [3.8, 4) is 5.88 Å². The van der Waals surface area contributed by atoms with Crippen LogP contribution in [0.2, 0.25) is 0 Å². The van der Waals surface area contributed by atoms with Crippen LogP contribution in [-0.2, 0) is 0 Å². The molecular weight excluding hydrogens is 152 g/mol. The number of ether oxygens (including phenoxy) is 1. The zero-order valence-electron chi connectivity index (χ0n) is 6.86. The highest BCUT2D eigenvalue weighted by atomic mass is 16.5. The smallest absolute Gasteiger partial charge is 0.213 e. The van der Waals surface area contributed by atoms with Crippen molar-refractivity contribution in [2.45, 2.75) is 25.4 Å². The van der Waals surface area contributed by atoms with Crippen molar-refractivity contribution in [1.82, 2.24) is 4.98 Å². The molecule has 0 spiro atoms. The minimum Gasteiger partial charge on any atom is -0.474 e. The molecule has 1 aromatic rings. The first-order valence-corrected chi connectivity index (χ1v) is 4.23. The van der Waals surface area contributed by atoms with Crippen LogP contribution in [0.5, 0.6) is 5.88 Å². The Morgan fingerprint density at radius 1 is 1.42 bits per heavy atom. The second-order valence-electron chi connectivity index (χ2n) is 3.10. The second-order valence-corrected chi connectivity index (χ2v) is 3.10. The Bertz CT molecular complexity index is 254. The maximum Gasteiger partial charge on any atom is 0.213 e. The van der Waals surface area contributed by atoms with Gasteiger partial charge in [-0.3, -0.25) is 0 Å². The average Bonchev–Trinajstić information content (AvgIpc) is 2.00. The number of aromatic nitrogens is 1. The molecule has 0 radical (unpaired) electrons. The van der Waals surface area contributed by atoms with E-state index in [4.69, 9.17) is 10.5 Å². The predicted molar refractivity (Wildman–Crippen MR) is 46.9 cm³/mol. The van der Waals surface area contributed by atoms with Gasteiger partial charge in [0.15, 0.2) is 0 Å². The first-order chi connectivity index (χ1) is 5.84. The molecule has 1 aromatic heterocycles. The van der Waals surface area contributed by atoms with Crippen LogP contribution in [0.15, 0.2) is 18.3 Å². The van der Waals surface area contributed by atoms with Crippen LogP contribution in [0, 0.1) is 0 Å². The largest absolute Gasteiger partial charge is 0.474 e. The summed E-state index contributed by atoms with van der Waals surface area (Å²) >= 11 is 0. The van der Waals surface area contributed by atoms with E-state index in [1.54, 1.807) is 12.3 Å². The summed E-state index contributed by atoms with van der Waals surface area (Å²) in [5, 5.41) is 0. The van der Waals surface area contributed by atoms with E-state index in [1.165, 1.54) is 6.42 Å². The van der Waals surface area contributed by atoms with Crippen molar-refractivity contribution in [3.63, 3.8) is 0 Å². The lowest BCUT2D eigenvalue weighted by Gasteiger charge is -2.25. The Morgan fingerprint density at radius 2 is 2.25 bits per heavy atom. The molecular formula is C9H12N2O. The molecule has 1 heterocycles. The molecule has 12 heavy (non-hydrogen) atoms. The molecule has 0 atom stereocenters. The molecule has 3 nitrogen and oxygen atoms in total. The number of nitrogens with two attached hydrogens (primary N) is 1. The third-order valence-corrected chi connectivity index (χ3v) is 2.10. The quantitative estimate of drug-likeness (QED) is 0.722. The Kier molecular flexibility index (Phi) is 1.86. The van der Waals surface area contributed by atoms with Gasteiger partial charge in [-0.2, -0.15) is 0 Å². The SMILES string of the molecule is Nc1ccc(OC2CCC2)nc1. The Hall–Kier alpha value is -1.25. The molecule has 2 rings (SSSR count). The first kappa shape index (κ1) is 7.40. The van der Waals surface area contributed by atoms with Crippen LogP contribution in [0.4, 0.5) is 5.69 Å². The highest BCUT2D eigenvalue weighted by Gasteiger charge is 2.19. The molecule has 1 saturated carbocycles. The van der Waals surface area contributed by atoms with Crippen molar-refractivity contribution in [2.24, 2.45) is 0 Å². The van der Waals surface area contributed by atoms with E-state index in [-0.39, 0.29) is 0 Å². The van der Waals surface area contributed by atoms with Gasteiger partial charge >= 0.3 is 0 Å². The molecule has 0 aliphatic heterocycles. The fourth-order valence-corrected chi connectivity index (χ4v) is 1.12. The molecule has 1 aliphatic carbocycles. The minimum absolute atomic E-state index is 0.390. The molecule has 0 saturated heterocycles. The molecule has 1 aliphatic rings. The fourth-order valence-electron chi connectivity index (χ4n) is 1.12. The summed E-state index contributed by atoms with van der Waals surface area (Å²) in [5.41, 5.74) is 6.16. The van der Waals surface area contributed by atoms with Gasteiger partial charge in [0.2, 0.25) is 5.88 Å². The summed E-state index contributed by atoms with van der Waals surface area (Å²) in [6, 6.07) is 3.62. The zero-order valence-corrected chi connectivity index (χ0v) is 6.86. The number of pyridine rings is 1. The number of hydrogen-bond donors (Lipinski definition) is 1. The third kappa shape index (κ3) is 1.49. The topological polar surface area (TPSA) is 48.1 Å². The van der Waals surface area contributed by atoms with Crippen molar-refractivity contribution in [2.75, 3.05) is 5.73 Å². The van der Waals surface area contributed by atoms with Crippen molar-refractivity contribution >= 4 is 5.69 Å². The number of nitrogens with zero attached hydrogens (tertiary/aromatic N) is 1. The van der Waals surface area contributed by atoms with Crippen molar-refractivity contribution in [1.29, 1.82) is 0 Å². The van der Waals surface area contributed by atoms with Gasteiger partial charge in [-0.05, 0) is 25.3 Å². The van der Waals surface area contributed by atoms with Gasteiger partial charge < -0.3 is 10.5 Å². The number of anilines is 1. The molecule has 2 N–H and O–H groups in total. The van der Waals surface area contributed by atoms with Gasteiger partial charge in [0.1, 0.15) is 6.10 Å². The van der Waals surface area contributed by atoms with Crippen molar-refractivity contribution in [3.05, 3.63) is 18.3 Å². The van der Waals surface area contributed by atoms with Crippen LogP contribution >= 0.6 is 0 Å². The summed E-state index contributed by atoms with van der Waals surface area (Å²) in [7, 11) is 0. The van der Waals surface area contributed by atoms with E-state index in [1.807, 2.05) is 6.07 Å². The summed E-state index contributed by atoms with van der Waals surface area (Å²) in [4.78, 5) is 4.05. The maximum absolute atomic E-state index is 5.54. The lowest BCUT2D eigenvalue weighted by atomic mass is 9.96. The Balaban J connectivity index is 1.98. The average molecular weight is 164 g/mol. The molecule has 0 bridgehead atoms. The predicted octanol–water partition coefficient (Wildman–Crippen LogP) is 1.60. The van der Waals surface area contributed by atoms with Gasteiger partial charge in [0.05, 0.1) is 11.9 Å². The van der Waals surface area contributed by atoms with Crippen LogP contribution < -0.4 is 10.5 Å². The number of rotatable bonds is 2. The monoisotopic (exact) mass is 164 g/mol. The normalized spacial score (nSPS) is 17.0. The zero-order chi connectivity index (χ0) is 8.39. The van der Waals surface area contributed by atoms with Crippen LogP contribution in [-0.4, -0.2) is 11.1 Å². The number of nitrogen functional groups attached to an aromatic ring is 1. The summed E-state index contributed by atoms with van der Waals surface area (Å²) in [5.74, 6) is 0.689. The summed E-state index contributed by atoms with van der Waals surface area (Å²) < 4.78 is 5.54. The molecule has 3 heteroatoms. The maximum atomic E-state index is 5.54. The lowest BCUT2D eigenvalue weighted by molar-refractivity contribution is 0.114. The highest BCUT2D eigenvalue weighted by molar-refractivity contribution is 5.36. The van der Waals surface area contributed by atoms with Crippen LogP contribution in [0.25, 0.3) is 0 Å². The van der Waals surface area contributed by atoms with Crippen molar-refractivity contribution < 1.29 is 4.74 Å². The van der Waals surface area contributed by atoms with Gasteiger partial charge in [-0.1, -0.05) is 0 Å². The van der Waals surface area contributed by atoms with Gasteiger partial charge in [0, 0.05) is 6.07 Å². The van der Waals surface area contributed by atoms with Gasteiger partial charge in [-0.25, -0.2) is 4.98 Å². The van der Waals surface area contributed by atoms with E-state index in [2.05, 4.69) is 4.98 Å². The summed E-state index contributed by atoms with van der Waals surface area (Å²) in [6.07, 6.45) is 5.60. The van der Waals surface area contributed by atoms with Crippen LogP contribution in [0.3, 0.4) is 0 Å². The summed E-state index contributed by atoms with van der Waals surface area (Å²) in [6.45, 7) is 0. The highest BCUT2D eigenvalue weighted by Crippen LogP contribution is 2.23. The molecule has 1 fully saturated rings. The third-order valence-electron chi connectivity index (χ3n) is 2.10. The van der Waals surface area contributed by atoms with Crippen LogP contribution in [0.1, 0.15) is 19.3 Å². The fraction of sp³-hybridized carbons (Fsp3) is 0.444. The first-order valence-electron chi connectivity index (χ1n) is 4.23. The van der Waals surface area contributed by atoms with E-state index in [0.717, 1.165) is 12.8 Å². The standard InChI is InChI=1S/C9H12N2O/c10-7-4-5-9(11-6-7)12-8-2-1-3-8/h4-6,8H,1-3,10H2. The molecule has 0 unspecified atom stereocenters. The minimum atomic E-state index is 0.390. The van der Waals surface area contributed by atoms with E-state index in [0.29, 0.717) is 17.7 Å². The second kappa shape index (κ2) is 3.01. The Labute approximate surface area is 71.6 Å². The van der Waals surface area contributed by atoms with E-state index < -0.39 is 0 Å². The van der Waals surface area contributed by atoms with E-state index >= 15 is 0 Å². The van der Waals surface area contributed by atoms with E-state index in [9.17, 15) is 0 Å². The lowest BCUT2D eigenvalue weighted by Crippen LogP contribution is -2.24. The molecule has 64 valence electrons. The number of hydrogen-bond acceptors (Lipinski definition) is 3. The molecule has 0 aromatic carbocycles.